The molecule has 23 heteroatoms. The van der Waals surface area contributed by atoms with E-state index >= 15 is 0 Å². The van der Waals surface area contributed by atoms with E-state index in [1.807, 2.05) is 0 Å². The lowest BCUT2D eigenvalue weighted by Crippen LogP contribution is -2.49. The average Bonchev–Trinajstić information content (AvgIpc) is 3.67. The van der Waals surface area contributed by atoms with Gasteiger partial charge in [-0.1, -0.05) is 42.0 Å². The quantitative estimate of drug-likeness (QED) is 0.0230. The Balaban J connectivity index is 1.14. The van der Waals surface area contributed by atoms with Crippen molar-refractivity contribution in [3.05, 3.63) is 141 Å². The number of carbonyl (C=O) groups is 3. The third-order valence-corrected chi connectivity index (χ3v) is 12.8. The van der Waals surface area contributed by atoms with Gasteiger partial charge in [0.1, 0.15) is 17.4 Å². The van der Waals surface area contributed by atoms with Crippen LogP contribution in [0.15, 0.2) is 106 Å². The van der Waals surface area contributed by atoms with Gasteiger partial charge in [-0.15, -0.1) is 0 Å². The normalized spacial score (nSPS) is 12.1. The van der Waals surface area contributed by atoms with Gasteiger partial charge in [0.2, 0.25) is 21.4 Å². The number of benzene rings is 3. The van der Waals surface area contributed by atoms with Gasteiger partial charge in [-0.2, -0.15) is 17.9 Å². The molecule has 0 saturated carbocycles. The number of carboxylic acid groups (broad SMARTS) is 1. The van der Waals surface area contributed by atoms with Gasteiger partial charge in [0.05, 0.1) is 33.3 Å². The Bertz CT molecular complexity index is 3020. The number of hydrazine groups is 1. The molecule has 6 aromatic rings. The van der Waals surface area contributed by atoms with Crippen molar-refractivity contribution in [3.8, 4) is 0 Å². The van der Waals surface area contributed by atoms with E-state index in [2.05, 4.69) is 41.5 Å². The molecule has 9 N–H and O–H groups in total. The second kappa shape index (κ2) is 20.1. The highest BCUT2D eigenvalue weighted by molar-refractivity contribution is 7.89. The Morgan fingerprint density at radius 1 is 0.877 bits per heavy atom. The van der Waals surface area contributed by atoms with Crippen LogP contribution in [0, 0.1) is 20.8 Å². The van der Waals surface area contributed by atoms with Crippen molar-refractivity contribution < 1.29 is 46.1 Å². The molecule has 0 bridgehead atoms. The molecule has 0 radical (unpaired) electrons. The van der Waals surface area contributed by atoms with Crippen molar-refractivity contribution in [1.29, 1.82) is 0 Å². The molecule has 3 aromatic heterocycles. The van der Waals surface area contributed by atoms with E-state index in [0.29, 0.717) is 40.0 Å². The summed E-state index contributed by atoms with van der Waals surface area (Å²) in [5.74, 6) is -2.46. The fourth-order valence-corrected chi connectivity index (χ4v) is 9.45. The number of anilines is 2. The highest BCUT2D eigenvalue weighted by atomic mass is 32.2. The number of aromatic nitrogens is 4. The van der Waals surface area contributed by atoms with E-state index in [-0.39, 0.29) is 58.4 Å². The van der Waals surface area contributed by atoms with Gasteiger partial charge in [-0.3, -0.25) is 23.7 Å². The standard InChI is InChI=1S/C42H46N10O11S2/c1-25-17-26(2)38(27(3)18-25)64(59,60)50-33(41(56)57)23-46-40(55)32-24-51(34-19-28(9-11-31(34)37(32)53)20-47-42-44-14-16-52(42)58)15-6-13-43-39(54)30-10-12-36(45-21-30)49-48-22-29-7-4-5-8-35(29)65(61,62)63/h4-5,7-12,14,16-19,21,24,33,48,50,58H,6,13,15,20,22-23H2,1-3H3,(H,43,54)(H,44,47)(H,45,49)(H,46,55)(H,56,57)(H,61,62,63). The molecule has 0 spiro atoms. The van der Waals surface area contributed by atoms with Crippen LogP contribution in [0.25, 0.3) is 10.9 Å². The molecule has 0 aliphatic heterocycles. The second-order valence-electron chi connectivity index (χ2n) is 14.9. The lowest BCUT2D eigenvalue weighted by atomic mass is 10.1. The maximum Gasteiger partial charge on any atom is 0.323 e. The van der Waals surface area contributed by atoms with Gasteiger partial charge in [0, 0.05) is 50.5 Å². The summed E-state index contributed by atoms with van der Waals surface area (Å²) >= 11 is 0. The van der Waals surface area contributed by atoms with Crippen molar-refractivity contribution in [2.75, 3.05) is 23.8 Å². The molecule has 0 saturated heterocycles. The number of aliphatic carboxylic acids is 1. The molecule has 342 valence electrons. The Kier molecular flexibility index (Phi) is 14.6. The number of amides is 2. The number of carbonyl (C=O) groups excluding carboxylic acids is 2. The van der Waals surface area contributed by atoms with Gasteiger partial charge in [0.15, 0.2) is 0 Å². The summed E-state index contributed by atoms with van der Waals surface area (Å²) in [7, 11) is -8.78. The number of carboxylic acids is 1. The number of hydrogen-bond acceptors (Lipinski definition) is 14. The molecule has 21 nitrogen and oxygen atoms in total. The highest BCUT2D eigenvalue weighted by Gasteiger charge is 2.29. The van der Waals surface area contributed by atoms with Gasteiger partial charge < -0.3 is 36.3 Å². The van der Waals surface area contributed by atoms with Crippen molar-refractivity contribution in [3.63, 3.8) is 0 Å². The number of hydrogen-bond donors (Lipinski definition) is 9. The first-order chi connectivity index (χ1) is 30.8. The van der Waals surface area contributed by atoms with Gasteiger partial charge >= 0.3 is 5.97 Å². The van der Waals surface area contributed by atoms with E-state index in [9.17, 15) is 50.9 Å². The smallest absolute Gasteiger partial charge is 0.323 e. The zero-order chi connectivity index (χ0) is 47.1. The third-order valence-electron chi connectivity index (χ3n) is 10.0. The molecule has 0 fully saturated rings. The number of sulfonamides is 1. The zero-order valence-electron chi connectivity index (χ0n) is 35.2. The largest absolute Gasteiger partial charge is 0.480 e. The first kappa shape index (κ1) is 47.3. The van der Waals surface area contributed by atoms with Crippen molar-refractivity contribution >= 4 is 60.6 Å². The number of aryl methyl sites for hydroxylation is 4. The second-order valence-corrected chi connectivity index (χ2v) is 18.0. The molecule has 1 atom stereocenters. The van der Waals surface area contributed by atoms with Crippen LogP contribution in [0.4, 0.5) is 11.8 Å². The Hall–Kier alpha value is -7.18. The van der Waals surface area contributed by atoms with Gasteiger partial charge in [-0.25, -0.2) is 23.8 Å². The van der Waals surface area contributed by atoms with E-state index in [1.165, 1.54) is 61.2 Å². The Morgan fingerprint density at radius 2 is 1.62 bits per heavy atom. The fraction of sp³-hybridized carbons (Fsp3) is 0.238. The molecule has 6 rings (SSSR count). The minimum Gasteiger partial charge on any atom is -0.480 e. The summed E-state index contributed by atoms with van der Waals surface area (Å²) in [6.07, 6.45) is 5.68. The maximum absolute atomic E-state index is 13.8. The summed E-state index contributed by atoms with van der Waals surface area (Å²) in [6.45, 7) is 4.82. The maximum atomic E-state index is 13.8. The molecule has 2 amide bonds. The summed E-state index contributed by atoms with van der Waals surface area (Å²) < 4.78 is 64.1. The predicted octanol–water partition coefficient (Wildman–Crippen LogP) is 2.71. The lowest BCUT2D eigenvalue weighted by Gasteiger charge is -2.19. The summed E-state index contributed by atoms with van der Waals surface area (Å²) in [5, 5.41) is 28.2. The van der Waals surface area contributed by atoms with E-state index < -0.39 is 55.9 Å². The van der Waals surface area contributed by atoms with Crippen LogP contribution in [-0.2, 0) is 44.6 Å². The average molecular weight is 931 g/mol. The van der Waals surface area contributed by atoms with Gasteiger partial charge in [-0.05, 0) is 79.8 Å². The minimum absolute atomic E-state index is 0.0224. The number of imidazole rings is 1. The Morgan fingerprint density at radius 3 is 2.28 bits per heavy atom. The van der Waals surface area contributed by atoms with E-state index in [0.717, 1.165) is 10.3 Å². The van der Waals surface area contributed by atoms with Crippen LogP contribution in [0.5, 0.6) is 0 Å². The SMILES string of the molecule is Cc1cc(C)c(S(=O)(=O)NC(CNC(=O)c2cn(CCCNC(=O)c3ccc(NNCc4ccccc4S(=O)(=O)O)nc3)c3cc(CNc4nccn4O)ccc3c2=O)C(=O)O)c(C)c1. The Labute approximate surface area is 372 Å². The van der Waals surface area contributed by atoms with E-state index in [1.54, 1.807) is 55.7 Å². The molecule has 1 unspecified atom stereocenters. The molecular weight excluding hydrogens is 885 g/mol. The molecule has 3 heterocycles. The van der Waals surface area contributed by atoms with Crippen LogP contribution in [-0.4, -0.2) is 87.9 Å². The van der Waals surface area contributed by atoms with Crippen molar-refractivity contribution in [2.45, 2.75) is 62.7 Å². The highest BCUT2D eigenvalue weighted by Crippen LogP contribution is 2.22. The summed E-state index contributed by atoms with van der Waals surface area (Å²) in [4.78, 5) is 60.6. The minimum atomic E-state index is -4.42. The fourth-order valence-electron chi connectivity index (χ4n) is 7.09. The van der Waals surface area contributed by atoms with Crippen LogP contribution in [0.1, 0.15) is 55.0 Å². The van der Waals surface area contributed by atoms with Crippen LogP contribution in [0.2, 0.25) is 0 Å². The monoisotopic (exact) mass is 930 g/mol. The third kappa shape index (κ3) is 11.7. The molecular formula is C42H46N10O11S2. The predicted molar refractivity (Wildman–Crippen MR) is 238 cm³/mol. The first-order valence-electron chi connectivity index (χ1n) is 19.8. The molecule has 65 heavy (non-hydrogen) atoms. The number of nitrogens with one attached hydrogen (secondary N) is 6. The number of fused-ring (bicyclic) bond motifs is 1. The van der Waals surface area contributed by atoms with Crippen LogP contribution in [0.3, 0.4) is 0 Å². The van der Waals surface area contributed by atoms with Crippen LogP contribution >= 0.6 is 0 Å². The molecule has 0 aliphatic carbocycles. The summed E-state index contributed by atoms with van der Waals surface area (Å²) in [6, 6.07) is 15.4. The topological polar surface area (TPSA) is 305 Å². The summed E-state index contributed by atoms with van der Waals surface area (Å²) in [5.41, 5.74) is 7.89. The van der Waals surface area contributed by atoms with Crippen molar-refractivity contribution in [2.24, 2.45) is 0 Å². The number of nitrogens with zero attached hydrogens (tertiary/aromatic N) is 4. The first-order valence-corrected chi connectivity index (χ1v) is 22.8. The van der Waals surface area contributed by atoms with Gasteiger partial charge in [0.25, 0.3) is 21.9 Å². The molecule has 0 aliphatic rings. The molecule has 3 aromatic carbocycles. The zero-order valence-corrected chi connectivity index (χ0v) is 36.8. The van der Waals surface area contributed by atoms with E-state index in [4.69, 9.17) is 0 Å². The van der Waals surface area contributed by atoms with Crippen molar-refractivity contribution in [1.82, 2.24) is 40.0 Å². The lowest BCUT2D eigenvalue weighted by molar-refractivity contribution is -0.138. The number of pyridine rings is 2. The van der Waals surface area contributed by atoms with Crippen LogP contribution < -0.4 is 37.0 Å². The number of rotatable bonds is 20.